The Labute approximate surface area is 141 Å². The standard InChI is InChI=1S/C16H24BrFN2S/c1-15(2,3)10-16(4,5)20-14(21)19-9-11-6-7-13(18)12(17)8-11/h6-8H,9-10H2,1-5H3,(H2,19,20,21). The summed E-state index contributed by atoms with van der Waals surface area (Å²) in [6, 6.07) is 4.95. The molecule has 2 nitrogen and oxygen atoms in total. The van der Waals surface area contributed by atoms with Crippen LogP contribution >= 0.6 is 28.1 Å². The van der Waals surface area contributed by atoms with Gasteiger partial charge in [0.1, 0.15) is 5.82 Å². The third-order valence-electron chi connectivity index (χ3n) is 2.86. The van der Waals surface area contributed by atoms with E-state index in [2.05, 4.69) is 61.2 Å². The molecule has 1 aromatic rings. The fourth-order valence-corrected chi connectivity index (χ4v) is 3.33. The number of hydrogen-bond donors (Lipinski definition) is 2. The topological polar surface area (TPSA) is 24.1 Å². The maximum atomic E-state index is 13.2. The van der Waals surface area contributed by atoms with Crippen LogP contribution in [0.1, 0.15) is 46.6 Å². The van der Waals surface area contributed by atoms with E-state index in [1.54, 1.807) is 12.1 Å². The van der Waals surface area contributed by atoms with Crippen LogP contribution in [0.15, 0.2) is 22.7 Å². The molecule has 0 aliphatic carbocycles. The molecule has 0 heterocycles. The molecule has 0 aromatic heterocycles. The van der Waals surface area contributed by atoms with Crippen LogP contribution in [0, 0.1) is 11.2 Å². The Morgan fingerprint density at radius 3 is 2.38 bits per heavy atom. The van der Waals surface area contributed by atoms with Crippen LogP contribution in [-0.2, 0) is 6.54 Å². The molecule has 2 N–H and O–H groups in total. The molecule has 0 saturated carbocycles. The lowest BCUT2D eigenvalue weighted by Crippen LogP contribution is -2.49. The van der Waals surface area contributed by atoms with Crippen molar-refractivity contribution in [1.29, 1.82) is 0 Å². The van der Waals surface area contributed by atoms with Crippen molar-refractivity contribution in [1.82, 2.24) is 10.6 Å². The minimum absolute atomic E-state index is 0.0777. The quantitative estimate of drug-likeness (QED) is 0.742. The number of nitrogens with one attached hydrogen (secondary N) is 2. The second-order valence-corrected chi connectivity index (χ2v) is 8.44. The van der Waals surface area contributed by atoms with E-state index in [9.17, 15) is 4.39 Å². The summed E-state index contributed by atoms with van der Waals surface area (Å²) in [7, 11) is 0. The molecule has 0 bridgehead atoms. The predicted molar refractivity (Wildman–Crippen MR) is 94.8 cm³/mol. The predicted octanol–water partition coefficient (Wildman–Crippen LogP) is 4.77. The van der Waals surface area contributed by atoms with Crippen LogP contribution in [0.2, 0.25) is 0 Å². The maximum Gasteiger partial charge on any atom is 0.166 e. The lowest BCUT2D eigenvalue weighted by atomic mass is 9.82. The normalized spacial score (nSPS) is 12.1. The van der Waals surface area contributed by atoms with E-state index in [0.717, 1.165) is 12.0 Å². The number of halogens is 2. The Bertz CT molecular complexity index is 509. The van der Waals surface area contributed by atoms with Crippen molar-refractivity contribution in [2.75, 3.05) is 0 Å². The largest absolute Gasteiger partial charge is 0.359 e. The molecule has 0 aliphatic heterocycles. The fourth-order valence-electron chi connectivity index (χ4n) is 2.55. The molecular formula is C16H24BrFN2S. The van der Waals surface area contributed by atoms with Crippen molar-refractivity contribution in [3.8, 4) is 0 Å². The Morgan fingerprint density at radius 2 is 1.86 bits per heavy atom. The Balaban J connectivity index is 2.52. The summed E-state index contributed by atoms with van der Waals surface area (Å²) in [6.07, 6.45) is 1.00. The number of benzene rings is 1. The van der Waals surface area contributed by atoms with Gasteiger partial charge in [0.15, 0.2) is 5.11 Å². The molecule has 0 radical (unpaired) electrons. The minimum atomic E-state index is -0.259. The second kappa shape index (κ2) is 7.05. The number of thiocarbonyl (C=S) groups is 1. The van der Waals surface area contributed by atoms with E-state index in [1.165, 1.54) is 6.07 Å². The second-order valence-electron chi connectivity index (χ2n) is 7.18. The van der Waals surface area contributed by atoms with Gasteiger partial charge in [0.25, 0.3) is 0 Å². The average Bonchev–Trinajstić information content (AvgIpc) is 2.26. The van der Waals surface area contributed by atoms with Crippen molar-refractivity contribution in [2.24, 2.45) is 5.41 Å². The van der Waals surface area contributed by atoms with Gasteiger partial charge < -0.3 is 10.6 Å². The van der Waals surface area contributed by atoms with Crippen LogP contribution in [0.5, 0.6) is 0 Å². The zero-order valence-electron chi connectivity index (χ0n) is 13.3. The smallest absolute Gasteiger partial charge is 0.166 e. The number of hydrogen-bond acceptors (Lipinski definition) is 1. The van der Waals surface area contributed by atoms with Crippen LogP contribution in [0.4, 0.5) is 4.39 Å². The van der Waals surface area contributed by atoms with Gasteiger partial charge in [-0.05, 0) is 71.5 Å². The SMILES string of the molecule is CC(C)(C)CC(C)(C)NC(=S)NCc1ccc(F)c(Br)c1. The molecule has 0 saturated heterocycles. The summed E-state index contributed by atoms with van der Waals surface area (Å²) in [6.45, 7) is 11.5. The van der Waals surface area contributed by atoms with E-state index in [4.69, 9.17) is 12.2 Å². The highest BCUT2D eigenvalue weighted by atomic mass is 79.9. The molecule has 0 aliphatic rings. The Kier molecular flexibility index (Phi) is 6.17. The van der Waals surface area contributed by atoms with E-state index in [1.807, 2.05) is 0 Å². The van der Waals surface area contributed by atoms with E-state index >= 15 is 0 Å². The molecule has 0 atom stereocenters. The van der Waals surface area contributed by atoms with Crippen molar-refractivity contribution < 1.29 is 4.39 Å². The molecule has 21 heavy (non-hydrogen) atoms. The fraction of sp³-hybridized carbons (Fsp3) is 0.562. The van der Waals surface area contributed by atoms with E-state index in [-0.39, 0.29) is 16.8 Å². The first-order valence-corrected chi connectivity index (χ1v) is 8.19. The molecule has 0 spiro atoms. The lowest BCUT2D eigenvalue weighted by molar-refractivity contribution is 0.266. The molecule has 0 fully saturated rings. The van der Waals surface area contributed by atoms with Crippen molar-refractivity contribution in [3.05, 3.63) is 34.1 Å². The van der Waals surface area contributed by atoms with Gasteiger partial charge in [-0.15, -0.1) is 0 Å². The molecular weight excluding hydrogens is 351 g/mol. The monoisotopic (exact) mass is 374 g/mol. The first-order valence-electron chi connectivity index (χ1n) is 6.98. The lowest BCUT2D eigenvalue weighted by Gasteiger charge is -2.34. The van der Waals surface area contributed by atoms with Gasteiger partial charge in [0.2, 0.25) is 0 Å². The maximum absolute atomic E-state index is 13.2. The van der Waals surface area contributed by atoms with E-state index in [0.29, 0.717) is 16.1 Å². The highest BCUT2D eigenvalue weighted by Gasteiger charge is 2.25. The van der Waals surface area contributed by atoms with Gasteiger partial charge in [-0.3, -0.25) is 0 Å². The van der Waals surface area contributed by atoms with Gasteiger partial charge in [0, 0.05) is 12.1 Å². The molecule has 1 aromatic carbocycles. The zero-order valence-corrected chi connectivity index (χ0v) is 15.7. The zero-order chi connectivity index (χ0) is 16.3. The molecule has 118 valence electrons. The van der Waals surface area contributed by atoms with Gasteiger partial charge in [-0.2, -0.15) is 0 Å². The van der Waals surface area contributed by atoms with Gasteiger partial charge >= 0.3 is 0 Å². The number of rotatable bonds is 4. The van der Waals surface area contributed by atoms with Crippen molar-refractivity contribution in [3.63, 3.8) is 0 Å². The third kappa shape index (κ3) is 7.23. The summed E-state index contributed by atoms with van der Waals surface area (Å²) in [5, 5.41) is 7.12. The highest BCUT2D eigenvalue weighted by Crippen LogP contribution is 2.26. The summed E-state index contributed by atoms with van der Waals surface area (Å²) >= 11 is 8.52. The summed E-state index contributed by atoms with van der Waals surface area (Å²) < 4.78 is 13.6. The van der Waals surface area contributed by atoms with Crippen LogP contribution in [0.3, 0.4) is 0 Å². The van der Waals surface area contributed by atoms with Gasteiger partial charge in [-0.1, -0.05) is 26.8 Å². The molecule has 0 amide bonds. The minimum Gasteiger partial charge on any atom is -0.359 e. The van der Waals surface area contributed by atoms with Crippen molar-refractivity contribution in [2.45, 2.75) is 53.1 Å². The van der Waals surface area contributed by atoms with Gasteiger partial charge in [0.05, 0.1) is 4.47 Å². The Morgan fingerprint density at radius 1 is 1.24 bits per heavy atom. The highest BCUT2D eigenvalue weighted by molar-refractivity contribution is 9.10. The molecule has 5 heteroatoms. The van der Waals surface area contributed by atoms with Gasteiger partial charge in [-0.25, -0.2) is 4.39 Å². The van der Waals surface area contributed by atoms with Crippen LogP contribution in [-0.4, -0.2) is 10.7 Å². The summed E-state index contributed by atoms with van der Waals surface area (Å²) in [4.78, 5) is 0. The molecule has 1 rings (SSSR count). The van der Waals surface area contributed by atoms with Crippen LogP contribution < -0.4 is 10.6 Å². The summed E-state index contributed by atoms with van der Waals surface area (Å²) in [5.74, 6) is -0.259. The first-order chi connectivity index (χ1) is 9.48. The first kappa shape index (κ1) is 18.4. The molecule has 0 unspecified atom stereocenters. The average molecular weight is 375 g/mol. The van der Waals surface area contributed by atoms with Crippen LogP contribution in [0.25, 0.3) is 0 Å². The van der Waals surface area contributed by atoms with E-state index < -0.39 is 0 Å². The Hall–Kier alpha value is -0.680. The van der Waals surface area contributed by atoms with Crippen molar-refractivity contribution >= 4 is 33.3 Å². The summed E-state index contributed by atoms with van der Waals surface area (Å²) in [5.41, 5.74) is 1.13. The third-order valence-corrected chi connectivity index (χ3v) is 3.72.